The van der Waals surface area contributed by atoms with Gasteiger partial charge >= 0.3 is 0 Å². The van der Waals surface area contributed by atoms with Crippen LogP contribution < -0.4 is 0 Å². The molecule has 1 aromatic heterocycles. The largest absolute Gasteiger partial charge is 0.394 e. The molecule has 1 fully saturated rings. The van der Waals surface area contributed by atoms with E-state index in [-0.39, 0.29) is 30.6 Å². The number of ether oxygens (including phenoxy) is 1. The molecule has 0 spiro atoms. The van der Waals surface area contributed by atoms with Crippen molar-refractivity contribution in [1.82, 2.24) is 14.4 Å². The van der Waals surface area contributed by atoms with E-state index >= 15 is 0 Å². The minimum atomic E-state index is -0.303. The second kappa shape index (κ2) is 12.2. The topological polar surface area (TPSA) is 57.9 Å². The summed E-state index contributed by atoms with van der Waals surface area (Å²) in [6.45, 7) is 6.99. The number of aliphatic hydroxyl groups is 1. The van der Waals surface area contributed by atoms with E-state index in [9.17, 15) is 9.90 Å². The van der Waals surface area contributed by atoms with Gasteiger partial charge in [-0.15, -0.1) is 0 Å². The monoisotopic (exact) mass is 531 g/mol. The summed E-state index contributed by atoms with van der Waals surface area (Å²) in [5, 5.41) is 11.3. The lowest BCUT2D eigenvalue weighted by molar-refractivity contribution is -0.0253. The summed E-state index contributed by atoms with van der Waals surface area (Å²) in [5.74, 6) is 0.820. The van der Waals surface area contributed by atoms with Gasteiger partial charge in [-0.3, -0.25) is 4.79 Å². The lowest BCUT2D eigenvalue weighted by Crippen LogP contribution is -2.47. The van der Waals surface area contributed by atoms with Crippen molar-refractivity contribution in [2.45, 2.75) is 64.7 Å². The Kier molecular flexibility index (Phi) is 8.75. The number of para-hydroxylation sites is 1. The van der Waals surface area contributed by atoms with Crippen molar-refractivity contribution in [2.24, 2.45) is 18.9 Å². The highest BCUT2D eigenvalue weighted by atomic mass is 16.5. The molecule has 210 valence electrons. The summed E-state index contributed by atoms with van der Waals surface area (Å²) in [6.07, 6.45) is 6.66. The number of amides is 1. The van der Waals surface area contributed by atoms with Gasteiger partial charge in [0.1, 0.15) is 5.69 Å². The summed E-state index contributed by atoms with van der Waals surface area (Å²) in [6, 6.07) is 16.3. The van der Waals surface area contributed by atoms with Gasteiger partial charge in [-0.2, -0.15) is 0 Å². The van der Waals surface area contributed by atoms with Crippen LogP contribution in [0, 0.1) is 11.8 Å². The number of carbonyl (C=O) groups excluding carboxylic acids is 1. The molecule has 39 heavy (non-hydrogen) atoms. The lowest BCUT2D eigenvalue weighted by Gasteiger charge is -2.36. The number of hydrogen-bond acceptors (Lipinski definition) is 4. The van der Waals surface area contributed by atoms with Gasteiger partial charge in [-0.1, -0.05) is 68.7 Å². The van der Waals surface area contributed by atoms with Crippen molar-refractivity contribution < 1.29 is 14.6 Å². The van der Waals surface area contributed by atoms with Crippen molar-refractivity contribution in [3.63, 3.8) is 0 Å². The Morgan fingerprint density at radius 2 is 1.77 bits per heavy atom. The number of hydrogen-bond donors (Lipinski definition) is 1. The minimum absolute atomic E-state index is 0.0363. The normalized spacial score (nSPS) is 22.0. The fraction of sp³-hybridized carbons (Fsp3) is 0.545. The first-order valence-corrected chi connectivity index (χ1v) is 14.8. The number of benzene rings is 2. The Labute approximate surface area is 233 Å². The second-order valence-electron chi connectivity index (χ2n) is 12.0. The average molecular weight is 532 g/mol. The molecular formula is C33H45N3O3. The Balaban J connectivity index is 1.55. The lowest BCUT2D eigenvalue weighted by atomic mass is 9.89. The molecule has 3 aromatic rings. The van der Waals surface area contributed by atoms with Crippen LogP contribution in [0.1, 0.15) is 62.0 Å². The summed E-state index contributed by atoms with van der Waals surface area (Å²) in [5.41, 5.74) is 4.78. The number of aliphatic hydroxyl groups excluding tert-OH is 1. The van der Waals surface area contributed by atoms with E-state index in [4.69, 9.17) is 4.74 Å². The number of carbonyl (C=O) groups is 1. The third-order valence-corrected chi connectivity index (χ3v) is 9.01. The fourth-order valence-electron chi connectivity index (χ4n) is 6.72. The van der Waals surface area contributed by atoms with Gasteiger partial charge < -0.3 is 24.2 Å². The molecule has 2 aliphatic rings. The summed E-state index contributed by atoms with van der Waals surface area (Å²) < 4.78 is 8.78. The zero-order valence-electron chi connectivity index (χ0n) is 24.1. The number of fused-ring (bicyclic) bond motifs is 5. The van der Waals surface area contributed by atoms with Gasteiger partial charge in [-0.25, -0.2) is 0 Å². The van der Waals surface area contributed by atoms with Crippen LogP contribution >= 0.6 is 0 Å². The zero-order valence-corrected chi connectivity index (χ0v) is 24.1. The van der Waals surface area contributed by atoms with Crippen LogP contribution in [0.3, 0.4) is 0 Å². The molecule has 1 saturated carbocycles. The molecule has 0 radical (unpaired) electrons. The van der Waals surface area contributed by atoms with Crippen LogP contribution in [0.4, 0.5) is 0 Å². The number of nitrogens with zero attached hydrogens (tertiary/aromatic N) is 3. The van der Waals surface area contributed by atoms with Crippen LogP contribution in [0.5, 0.6) is 0 Å². The van der Waals surface area contributed by atoms with E-state index in [0.717, 1.165) is 46.6 Å². The van der Waals surface area contributed by atoms with Crippen LogP contribution in [-0.4, -0.2) is 70.8 Å². The summed E-state index contributed by atoms with van der Waals surface area (Å²) in [7, 11) is 4.19. The molecule has 2 heterocycles. The second-order valence-corrected chi connectivity index (χ2v) is 12.0. The van der Waals surface area contributed by atoms with E-state index in [1.54, 1.807) is 0 Å². The highest BCUT2D eigenvalue weighted by molar-refractivity contribution is 6.10. The number of aryl methyl sites for hydroxylation is 1. The van der Waals surface area contributed by atoms with Crippen LogP contribution in [0.2, 0.25) is 0 Å². The zero-order chi connectivity index (χ0) is 27.5. The van der Waals surface area contributed by atoms with Crippen molar-refractivity contribution in [1.29, 1.82) is 0 Å². The van der Waals surface area contributed by atoms with Crippen molar-refractivity contribution >= 4 is 16.8 Å². The molecule has 0 saturated heterocycles. The molecule has 1 aliphatic heterocycles. The Morgan fingerprint density at radius 1 is 1.05 bits per heavy atom. The van der Waals surface area contributed by atoms with E-state index < -0.39 is 0 Å². The van der Waals surface area contributed by atoms with Crippen LogP contribution in [-0.2, 0) is 18.4 Å². The molecule has 0 bridgehead atoms. The predicted octanol–water partition coefficient (Wildman–Crippen LogP) is 5.72. The van der Waals surface area contributed by atoms with Gasteiger partial charge in [0.15, 0.2) is 0 Å². The van der Waals surface area contributed by atoms with Crippen molar-refractivity contribution in [3.05, 3.63) is 59.8 Å². The Morgan fingerprint density at radius 3 is 2.54 bits per heavy atom. The first kappa shape index (κ1) is 27.9. The fourth-order valence-corrected chi connectivity index (χ4v) is 6.72. The molecular weight excluding hydrogens is 486 g/mol. The maximum atomic E-state index is 14.4. The van der Waals surface area contributed by atoms with Crippen LogP contribution in [0.25, 0.3) is 22.0 Å². The maximum absolute atomic E-state index is 14.4. The standard InChI is InChI=1S/C33H45N3O3/c1-23-18-36(24(2)21-37)33(38)32-31(28-16-10-11-17-29(28)35(32)4)27-15-9-8-14-26(27)22-39-30(23)20-34(3)19-25-12-6-5-7-13-25/h8-11,14-17,23-25,30,37H,5-7,12-13,18-22H2,1-4H3/t23-,24+,30+/m0/s1. The number of aromatic nitrogens is 1. The first-order valence-electron chi connectivity index (χ1n) is 14.8. The van der Waals surface area contributed by atoms with E-state index in [0.29, 0.717) is 18.8 Å². The molecule has 6 heteroatoms. The van der Waals surface area contributed by atoms with E-state index in [1.165, 1.54) is 32.1 Å². The Hall–Kier alpha value is -2.67. The number of rotatable bonds is 6. The predicted molar refractivity (Wildman–Crippen MR) is 158 cm³/mol. The van der Waals surface area contributed by atoms with Crippen molar-refractivity contribution in [3.8, 4) is 11.1 Å². The highest BCUT2D eigenvalue weighted by Gasteiger charge is 2.33. The molecule has 1 amide bonds. The molecule has 3 atom stereocenters. The maximum Gasteiger partial charge on any atom is 0.271 e. The summed E-state index contributed by atoms with van der Waals surface area (Å²) in [4.78, 5) is 18.8. The van der Waals surface area contributed by atoms with E-state index in [1.807, 2.05) is 41.6 Å². The number of likely N-dealkylation sites (N-methyl/N-ethyl adjacent to an activating group) is 1. The molecule has 1 aliphatic carbocycles. The van der Waals surface area contributed by atoms with Gasteiger partial charge in [0, 0.05) is 49.1 Å². The molecule has 6 nitrogen and oxygen atoms in total. The van der Waals surface area contributed by atoms with Crippen LogP contribution in [0.15, 0.2) is 48.5 Å². The smallest absolute Gasteiger partial charge is 0.271 e. The first-order chi connectivity index (χ1) is 18.9. The SMILES string of the molecule is C[C@H](CO)N1C[C@H](C)[C@@H](CN(C)CC2CCCCC2)OCc2ccccc2-c2c(n(C)c3ccccc23)C1=O. The quantitative estimate of drug-likeness (QED) is 0.442. The Bertz CT molecular complexity index is 1280. The third-order valence-electron chi connectivity index (χ3n) is 9.01. The molecule has 5 rings (SSSR count). The molecule has 0 unspecified atom stereocenters. The molecule has 2 aromatic carbocycles. The highest BCUT2D eigenvalue weighted by Crippen LogP contribution is 2.38. The molecule has 1 N–H and O–H groups in total. The average Bonchev–Trinajstić information content (AvgIpc) is 3.24. The summed E-state index contributed by atoms with van der Waals surface area (Å²) >= 11 is 0. The van der Waals surface area contributed by atoms with Gasteiger partial charge in [0.25, 0.3) is 5.91 Å². The third kappa shape index (κ3) is 5.79. The van der Waals surface area contributed by atoms with Gasteiger partial charge in [-0.05, 0) is 49.9 Å². The van der Waals surface area contributed by atoms with Crippen molar-refractivity contribution in [2.75, 3.05) is 33.3 Å². The van der Waals surface area contributed by atoms with Gasteiger partial charge in [0.05, 0.1) is 25.4 Å². The minimum Gasteiger partial charge on any atom is -0.394 e. The van der Waals surface area contributed by atoms with E-state index in [2.05, 4.69) is 49.2 Å². The van der Waals surface area contributed by atoms with Gasteiger partial charge in [0.2, 0.25) is 0 Å².